The maximum absolute atomic E-state index is 13.1. The number of amides is 1. The molecule has 26 heavy (non-hydrogen) atoms. The van der Waals surface area contributed by atoms with E-state index in [-0.39, 0.29) is 24.3 Å². The Labute approximate surface area is 153 Å². The van der Waals surface area contributed by atoms with Crippen molar-refractivity contribution in [2.24, 2.45) is 5.92 Å². The average molecular weight is 361 g/mol. The van der Waals surface area contributed by atoms with Crippen LogP contribution in [0.1, 0.15) is 25.5 Å². The monoisotopic (exact) mass is 361 g/mol. The average Bonchev–Trinajstić information content (AvgIpc) is 2.63. The first-order chi connectivity index (χ1) is 12.4. The molecule has 2 aromatic carbocycles. The third-order valence-electron chi connectivity index (χ3n) is 4.21. The molecule has 0 radical (unpaired) electrons. The standard InChI is InChI=1S/C20H25FN2O3/c1-13(2)20(14-5-7-15(21)8-6-14)22-12-19(24)23-17-11-16(25-3)9-10-18(17)26-4/h5-11,13,20,22H,12H2,1-4H3,(H,23,24)/p+1/t20-/m1/s1. The van der Waals surface area contributed by atoms with Gasteiger partial charge >= 0.3 is 0 Å². The van der Waals surface area contributed by atoms with Crippen LogP contribution in [0.15, 0.2) is 42.5 Å². The maximum Gasteiger partial charge on any atom is 0.279 e. The van der Waals surface area contributed by atoms with E-state index in [0.717, 1.165) is 5.56 Å². The lowest BCUT2D eigenvalue weighted by atomic mass is 9.96. The van der Waals surface area contributed by atoms with E-state index in [2.05, 4.69) is 19.2 Å². The van der Waals surface area contributed by atoms with E-state index >= 15 is 0 Å². The lowest BCUT2D eigenvalue weighted by Gasteiger charge is -2.19. The molecule has 0 saturated heterocycles. The molecular formula is C20H26FN2O3+. The SMILES string of the molecule is COc1ccc(OC)c(NC(=O)C[NH2+][C@@H](c2ccc(F)cc2)C(C)C)c1. The molecule has 0 bridgehead atoms. The van der Waals surface area contributed by atoms with Gasteiger partial charge in [-0.2, -0.15) is 0 Å². The Balaban J connectivity index is 2.03. The lowest BCUT2D eigenvalue weighted by Crippen LogP contribution is -2.88. The molecule has 5 nitrogen and oxygen atoms in total. The van der Waals surface area contributed by atoms with E-state index in [9.17, 15) is 9.18 Å². The highest BCUT2D eigenvalue weighted by Crippen LogP contribution is 2.28. The van der Waals surface area contributed by atoms with Crippen LogP contribution in [0.25, 0.3) is 0 Å². The van der Waals surface area contributed by atoms with Crippen LogP contribution in [0, 0.1) is 11.7 Å². The van der Waals surface area contributed by atoms with Crippen molar-refractivity contribution in [3.8, 4) is 11.5 Å². The van der Waals surface area contributed by atoms with Gasteiger partial charge in [-0.05, 0) is 24.3 Å². The van der Waals surface area contributed by atoms with Crippen molar-refractivity contribution in [1.82, 2.24) is 0 Å². The maximum atomic E-state index is 13.1. The summed E-state index contributed by atoms with van der Waals surface area (Å²) < 4.78 is 23.6. The molecule has 140 valence electrons. The number of quaternary nitrogens is 1. The van der Waals surface area contributed by atoms with Crippen LogP contribution in [0.4, 0.5) is 10.1 Å². The Bertz CT molecular complexity index is 732. The van der Waals surface area contributed by atoms with Crippen LogP contribution in [-0.2, 0) is 4.79 Å². The fourth-order valence-electron chi connectivity index (χ4n) is 2.83. The summed E-state index contributed by atoms with van der Waals surface area (Å²) in [5.41, 5.74) is 1.56. The van der Waals surface area contributed by atoms with Gasteiger partial charge < -0.3 is 20.1 Å². The number of halogens is 1. The summed E-state index contributed by atoms with van der Waals surface area (Å²) in [5, 5.41) is 4.81. The summed E-state index contributed by atoms with van der Waals surface area (Å²) in [5.74, 6) is 1.08. The summed E-state index contributed by atoms with van der Waals surface area (Å²) in [6, 6.07) is 11.7. The third kappa shape index (κ3) is 5.20. The van der Waals surface area contributed by atoms with Gasteiger partial charge in [-0.25, -0.2) is 4.39 Å². The highest BCUT2D eigenvalue weighted by Gasteiger charge is 2.21. The van der Waals surface area contributed by atoms with Crippen LogP contribution >= 0.6 is 0 Å². The molecule has 2 aromatic rings. The minimum absolute atomic E-state index is 0.0635. The number of nitrogens with two attached hydrogens (primary N) is 1. The number of rotatable bonds is 8. The fraction of sp³-hybridized carbons (Fsp3) is 0.350. The number of benzene rings is 2. The largest absolute Gasteiger partial charge is 0.497 e. The zero-order chi connectivity index (χ0) is 19.1. The predicted octanol–water partition coefficient (Wildman–Crippen LogP) is 2.74. The zero-order valence-corrected chi connectivity index (χ0v) is 15.6. The summed E-state index contributed by atoms with van der Waals surface area (Å²) in [6.45, 7) is 4.39. The van der Waals surface area contributed by atoms with Crippen LogP contribution in [0.3, 0.4) is 0 Å². The Hall–Kier alpha value is -2.60. The molecule has 2 rings (SSSR count). The first-order valence-electron chi connectivity index (χ1n) is 8.55. The van der Waals surface area contributed by atoms with Crippen molar-refractivity contribution in [2.75, 3.05) is 26.1 Å². The van der Waals surface area contributed by atoms with Gasteiger partial charge in [0.15, 0.2) is 6.54 Å². The molecular weight excluding hydrogens is 335 g/mol. The number of carbonyl (C=O) groups excluding carboxylic acids is 1. The number of ether oxygens (including phenoxy) is 2. The van der Waals surface area contributed by atoms with Crippen molar-refractivity contribution in [3.63, 3.8) is 0 Å². The molecule has 1 atom stereocenters. The van der Waals surface area contributed by atoms with Crippen LogP contribution < -0.4 is 20.1 Å². The second-order valence-corrected chi connectivity index (χ2v) is 6.38. The fourth-order valence-corrected chi connectivity index (χ4v) is 2.83. The van der Waals surface area contributed by atoms with Crippen molar-refractivity contribution in [3.05, 3.63) is 53.8 Å². The van der Waals surface area contributed by atoms with Crippen molar-refractivity contribution >= 4 is 11.6 Å². The Morgan fingerprint density at radius 1 is 1.12 bits per heavy atom. The lowest BCUT2D eigenvalue weighted by molar-refractivity contribution is -0.692. The molecule has 6 heteroatoms. The van der Waals surface area contributed by atoms with E-state index in [4.69, 9.17) is 9.47 Å². The molecule has 0 aliphatic rings. The highest BCUT2D eigenvalue weighted by molar-refractivity contribution is 5.93. The van der Waals surface area contributed by atoms with Gasteiger partial charge in [0, 0.05) is 17.5 Å². The number of hydrogen-bond donors (Lipinski definition) is 2. The normalized spacial score (nSPS) is 11.9. The number of hydrogen-bond acceptors (Lipinski definition) is 3. The first kappa shape index (κ1) is 19.7. The number of anilines is 1. The van der Waals surface area contributed by atoms with E-state index in [1.807, 2.05) is 5.32 Å². The van der Waals surface area contributed by atoms with Crippen LogP contribution in [-0.4, -0.2) is 26.7 Å². The van der Waals surface area contributed by atoms with Gasteiger partial charge in [-0.3, -0.25) is 4.79 Å². The molecule has 0 fully saturated rings. The molecule has 1 amide bonds. The number of methoxy groups -OCH3 is 2. The zero-order valence-electron chi connectivity index (χ0n) is 15.6. The van der Waals surface area contributed by atoms with Crippen molar-refractivity contribution in [2.45, 2.75) is 19.9 Å². The van der Waals surface area contributed by atoms with E-state index in [1.54, 1.807) is 44.6 Å². The molecule has 0 saturated carbocycles. The second kappa shape index (κ2) is 9.20. The Morgan fingerprint density at radius 2 is 1.81 bits per heavy atom. The molecule has 3 N–H and O–H groups in total. The van der Waals surface area contributed by atoms with Crippen LogP contribution in [0.2, 0.25) is 0 Å². The van der Waals surface area contributed by atoms with Gasteiger partial charge in [-0.15, -0.1) is 0 Å². The third-order valence-corrected chi connectivity index (χ3v) is 4.21. The predicted molar refractivity (Wildman–Crippen MR) is 98.9 cm³/mol. The van der Waals surface area contributed by atoms with E-state index in [1.165, 1.54) is 12.1 Å². The highest BCUT2D eigenvalue weighted by atomic mass is 19.1. The second-order valence-electron chi connectivity index (χ2n) is 6.38. The summed E-state index contributed by atoms with van der Waals surface area (Å²) in [7, 11) is 3.12. The topological polar surface area (TPSA) is 64.2 Å². The van der Waals surface area contributed by atoms with Gasteiger partial charge in [-0.1, -0.05) is 26.0 Å². The van der Waals surface area contributed by atoms with E-state index < -0.39 is 0 Å². The quantitative estimate of drug-likeness (QED) is 0.760. The van der Waals surface area contributed by atoms with Crippen molar-refractivity contribution in [1.29, 1.82) is 0 Å². The minimum atomic E-state index is -0.265. The Kier molecular flexibility index (Phi) is 6.97. The number of nitrogens with one attached hydrogen (secondary N) is 1. The molecule has 0 unspecified atom stereocenters. The van der Waals surface area contributed by atoms with Crippen LogP contribution in [0.5, 0.6) is 11.5 Å². The summed E-state index contributed by atoms with van der Waals surface area (Å²) in [6.07, 6.45) is 0. The minimum Gasteiger partial charge on any atom is -0.497 e. The summed E-state index contributed by atoms with van der Waals surface area (Å²) in [4.78, 5) is 12.4. The molecule has 0 spiro atoms. The van der Waals surface area contributed by atoms with Gasteiger partial charge in [0.2, 0.25) is 0 Å². The van der Waals surface area contributed by atoms with E-state index in [0.29, 0.717) is 23.1 Å². The smallest absolute Gasteiger partial charge is 0.279 e. The van der Waals surface area contributed by atoms with Gasteiger partial charge in [0.25, 0.3) is 5.91 Å². The van der Waals surface area contributed by atoms with Crippen molar-refractivity contribution < 1.29 is 24.0 Å². The Morgan fingerprint density at radius 3 is 2.38 bits per heavy atom. The van der Waals surface area contributed by atoms with Gasteiger partial charge in [0.05, 0.1) is 19.9 Å². The molecule has 0 heterocycles. The first-order valence-corrected chi connectivity index (χ1v) is 8.55. The summed E-state index contributed by atoms with van der Waals surface area (Å²) >= 11 is 0. The molecule has 0 aliphatic heterocycles. The molecule has 0 aromatic heterocycles. The van der Waals surface area contributed by atoms with Gasteiger partial charge in [0.1, 0.15) is 23.4 Å². The number of carbonyl (C=O) groups is 1. The molecule has 0 aliphatic carbocycles.